The molecule has 1 atom stereocenters. The van der Waals surface area contributed by atoms with Crippen molar-refractivity contribution in [2.45, 2.75) is 31.6 Å². The lowest BCUT2D eigenvalue weighted by Gasteiger charge is -2.18. The lowest BCUT2D eigenvalue weighted by atomic mass is 10.1. The zero-order chi connectivity index (χ0) is 36.6. The van der Waals surface area contributed by atoms with Gasteiger partial charge >= 0.3 is 18.2 Å². The van der Waals surface area contributed by atoms with Crippen molar-refractivity contribution >= 4 is 35.4 Å². The van der Waals surface area contributed by atoms with Gasteiger partial charge in [0.25, 0.3) is 5.91 Å². The Balaban J connectivity index is 1.59. The monoisotopic (exact) mass is 721 g/mol. The fourth-order valence-electron chi connectivity index (χ4n) is 4.40. The van der Waals surface area contributed by atoms with Gasteiger partial charge in [0.15, 0.2) is 12.6 Å². The highest BCUT2D eigenvalue weighted by Gasteiger charge is 2.29. The molecule has 1 amide bonds. The Morgan fingerprint density at radius 2 is 1.67 bits per heavy atom. The van der Waals surface area contributed by atoms with Gasteiger partial charge in [0, 0.05) is 24.8 Å². The van der Waals surface area contributed by atoms with Gasteiger partial charge in [-0.2, -0.15) is 28.1 Å². The summed E-state index contributed by atoms with van der Waals surface area (Å²) in [6.07, 6.45) is -4.32. The third-order valence-corrected chi connectivity index (χ3v) is 6.78. The number of hydrogen-bond acceptors (Lipinski definition) is 13. The van der Waals surface area contributed by atoms with E-state index in [1.807, 2.05) is 0 Å². The predicted octanol–water partition coefficient (Wildman–Crippen LogP) is 2.42. The summed E-state index contributed by atoms with van der Waals surface area (Å²) in [6, 6.07) is 9.44. The first-order chi connectivity index (χ1) is 24.4. The number of aliphatic carboxylic acids is 1. The number of benzene rings is 2. The molecule has 2 aliphatic heterocycles. The topological polar surface area (TPSA) is 237 Å². The van der Waals surface area contributed by atoms with Gasteiger partial charge in [-0.15, -0.1) is 0 Å². The quantitative estimate of drug-likeness (QED) is 0.0727. The number of fused-ring (bicyclic) bond motifs is 12. The average Bonchev–Trinajstić information content (AvgIpc) is 3.08. The number of hydrogen-bond donors (Lipinski definition) is 7. The van der Waals surface area contributed by atoms with Crippen molar-refractivity contribution in [3.8, 4) is 17.5 Å². The fourth-order valence-corrected chi connectivity index (χ4v) is 4.40. The molecule has 8 N–H and O–H groups in total. The number of nitrogens with zero attached hydrogens (tertiary/aromatic N) is 3. The van der Waals surface area contributed by atoms with Crippen LogP contribution >= 0.6 is 0 Å². The summed E-state index contributed by atoms with van der Waals surface area (Å²) in [5.74, 6) is -1.93. The second-order valence-electron chi connectivity index (χ2n) is 10.8. The number of carboxylic acids is 1. The van der Waals surface area contributed by atoms with Crippen molar-refractivity contribution in [1.29, 1.82) is 5.41 Å². The van der Waals surface area contributed by atoms with Crippen molar-refractivity contribution in [2.24, 2.45) is 5.73 Å². The van der Waals surface area contributed by atoms with Crippen LogP contribution in [-0.4, -0.2) is 103 Å². The van der Waals surface area contributed by atoms with E-state index in [0.717, 1.165) is 5.56 Å². The van der Waals surface area contributed by atoms with E-state index >= 15 is 0 Å². The number of anilines is 3. The molecule has 0 saturated carbocycles. The van der Waals surface area contributed by atoms with Crippen LogP contribution in [0.2, 0.25) is 0 Å². The third kappa shape index (κ3) is 13.7. The van der Waals surface area contributed by atoms with Crippen LogP contribution in [0.3, 0.4) is 0 Å². The highest BCUT2D eigenvalue weighted by molar-refractivity contribution is 5.99. The Morgan fingerprint density at radius 3 is 2.35 bits per heavy atom. The van der Waals surface area contributed by atoms with Gasteiger partial charge < -0.3 is 55.8 Å². The number of ether oxygens (including phenoxy) is 5. The van der Waals surface area contributed by atoms with E-state index in [1.54, 1.807) is 24.3 Å². The molecule has 17 nitrogen and oxygen atoms in total. The number of amides is 1. The summed E-state index contributed by atoms with van der Waals surface area (Å²) >= 11 is 0. The van der Waals surface area contributed by atoms with Gasteiger partial charge in [0.2, 0.25) is 11.9 Å². The lowest BCUT2D eigenvalue weighted by Crippen LogP contribution is -2.41. The Kier molecular flexibility index (Phi) is 14.2. The van der Waals surface area contributed by atoms with Crippen LogP contribution in [0.15, 0.2) is 42.5 Å². The number of halogens is 3. The Labute approximate surface area is 289 Å². The first-order valence-corrected chi connectivity index (χ1v) is 15.7. The van der Waals surface area contributed by atoms with Crippen molar-refractivity contribution in [1.82, 2.24) is 25.6 Å². The Bertz CT molecular complexity index is 1620. The van der Waals surface area contributed by atoms with Crippen LogP contribution in [-0.2, 0) is 20.8 Å². The van der Waals surface area contributed by atoms with E-state index < -0.39 is 36.7 Å². The van der Waals surface area contributed by atoms with Crippen LogP contribution in [0.4, 0.5) is 30.8 Å². The zero-order valence-electron chi connectivity index (χ0n) is 27.3. The molecule has 6 bridgehead atoms. The van der Waals surface area contributed by atoms with E-state index in [-0.39, 0.29) is 74.2 Å². The number of rotatable bonds is 9. The molecule has 2 aliphatic rings. The van der Waals surface area contributed by atoms with Gasteiger partial charge in [0.05, 0.1) is 32.0 Å². The van der Waals surface area contributed by atoms with E-state index in [1.165, 1.54) is 18.2 Å². The first-order valence-electron chi connectivity index (χ1n) is 15.7. The molecular formula is C31H38F3N9O8. The number of carbonyl (C=O) groups excluding carboxylic acids is 1. The number of guanidine groups is 1. The molecule has 1 aromatic heterocycles. The standard InChI is InChI=1S/C31H38F3N9O8/c32-31(33,34)18-51-30-42-28-38-17-19-3-6-21(7-4-19)49-14-12-47-10-11-48-13-15-50-24-16-20(39-29(41-28)43-30)5-8-22(24)25(44)40-23(26(45)46)2-1-9-37-27(35)36/h3-8,16,23H,1-2,9-15,17-18H2,(H,40,44)(H,45,46)(H4,35,36,37)(H2,38,39,41,42,43)/t23-/m1/s1. The number of carbonyl (C=O) groups is 2. The van der Waals surface area contributed by atoms with Gasteiger partial charge in [-0.05, 0) is 42.7 Å². The average molecular weight is 722 g/mol. The summed E-state index contributed by atoms with van der Waals surface area (Å²) in [4.78, 5) is 37.4. The van der Waals surface area contributed by atoms with Gasteiger partial charge in [-0.1, -0.05) is 12.1 Å². The van der Waals surface area contributed by atoms with Gasteiger partial charge in [0.1, 0.15) is 30.8 Å². The van der Waals surface area contributed by atoms with E-state index in [4.69, 9.17) is 34.8 Å². The molecule has 2 aromatic carbocycles. The van der Waals surface area contributed by atoms with E-state index in [0.29, 0.717) is 32.0 Å². The first kappa shape index (κ1) is 38.2. The van der Waals surface area contributed by atoms with Crippen LogP contribution in [0, 0.1) is 5.41 Å². The normalized spacial score (nSPS) is 14.7. The molecule has 51 heavy (non-hydrogen) atoms. The van der Waals surface area contributed by atoms with Crippen molar-refractivity contribution in [3.63, 3.8) is 0 Å². The zero-order valence-corrected chi connectivity index (χ0v) is 27.3. The Morgan fingerprint density at radius 1 is 0.980 bits per heavy atom. The van der Waals surface area contributed by atoms with Crippen molar-refractivity contribution in [3.05, 3.63) is 53.6 Å². The maximum absolute atomic E-state index is 13.3. The van der Waals surface area contributed by atoms with Crippen LogP contribution in [0.1, 0.15) is 28.8 Å². The highest BCUT2D eigenvalue weighted by Crippen LogP contribution is 2.27. The molecule has 0 spiro atoms. The predicted molar refractivity (Wildman–Crippen MR) is 176 cm³/mol. The molecule has 0 saturated heterocycles. The number of nitrogens with two attached hydrogens (primary N) is 1. The summed E-state index contributed by atoms with van der Waals surface area (Å²) in [6.45, 7) is 0.0144. The second-order valence-corrected chi connectivity index (χ2v) is 10.8. The van der Waals surface area contributed by atoms with Crippen LogP contribution in [0.5, 0.6) is 17.5 Å². The number of aromatic nitrogens is 3. The van der Waals surface area contributed by atoms with Crippen molar-refractivity contribution in [2.75, 3.05) is 63.4 Å². The van der Waals surface area contributed by atoms with Gasteiger partial charge in [-0.25, -0.2) is 4.79 Å². The van der Waals surface area contributed by atoms with Crippen LogP contribution in [0.25, 0.3) is 0 Å². The molecule has 0 aliphatic carbocycles. The molecule has 20 heteroatoms. The van der Waals surface area contributed by atoms with Gasteiger partial charge in [-0.3, -0.25) is 10.2 Å². The SMILES string of the molecule is N=C(N)NCCC[C@@H](NC(=O)c1ccc2cc1OCCOCCOCCOc1ccc(cc1)CNc1nc(nc(OCC(F)(F)F)n1)N2)C(=O)O. The molecule has 0 unspecified atom stereocenters. The minimum Gasteiger partial charge on any atom is -0.491 e. The largest absolute Gasteiger partial charge is 0.491 e. The summed E-state index contributed by atoms with van der Waals surface area (Å²) in [5.41, 5.74) is 6.29. The maximum atomic E-state index is 13.3. The molecule has 276 valence electrons. The molecule has 3 heterocycles. The molecule has 0 fully saturated rings. The second kappa shape index (κ2) is 18.9. The number of alkyl halides is 3. The van der Waals surface area contributed by atoms with E-state index in [9.17, 15) is 27.9 Å². The molecule has 0 radical (unpaired) electrons. The maximum Gasteiger partial charge on any atom is 0.422 e. The molecular weight excluding hydrogens is 683 g/mol. The highest BCUT2D eigenvalue weighted by atomic mass is 19.4. The lowest BCUT2D eigenvalue weighted by molar-refractivity contribution is -0.154. The van der Waals surface area contributed by atoms with Crippen molar-refractivity contribution < 1.29 is 51.6 Å². The molecule has 5 rings (SSSR count). The number of carboxylic acid groups (broad SMARTS) is 1. The summed E-state index contributed by atoms with van der Waals surface area (Å²) in [5, 5.41) is 27.8. The molecule has 3 aromatic rings. The van der Waals surface area contributed by atoms with E-state index in [2.05, 4.69) is 36.2 Å². The fraction of sp³-hybridized carbons (Fsp3) is 0.419. The summed E-state index contributed by atoms with van der Waals surface area (Å²) < 4.78 is 66.3. The van der Waals surface area contributed by atoms with Crippen LogP contribution < -0.4 is 41.2 Å². The Hall–Kier alpha value is -5.63. The smallest absolute Gasteiger partial charge is 0.422 e. The third-order valence-electron chi connectivity index (χ3n) is 6.78. The minimum absolute atomic E-state index is 0.0133. The summed E-state index contributed by atoms with van der Waals surface area (Å²) in [7, 11) is 0. The minimum atomic E-state index is -4.65. The number of nitrogens with one attached hydrogen (secondary N) is 5.